The molecule has 0 aliphatic rings. The van der Waals surface area contributed by atoms with Gasteiger partial charge in [-0.1, -0.05) is 121 Å². The van der Waals surface area contributed by atoms with Gasteiger partial charge in [0.15, 0.2) is 0 Å². The lowest BCUT2D eigenvalue weighted by molar-refractivity contribution is 1.18. The first-order valence-corrected chi connectivity index (χ1v) is 18.2. The molecule has 2 aromatic heterocycles. The minimum absolute atomic E-state index is 1.12. The number of hydrogen-bond donors (Lipinski definition) is 0. The summed E-state index contributed by atoms with van der Waals surface area (Å²) in [5, 5.41) is 5.12. The predicted octanol–water partition coefficient (Wildman–Crippen LogP) is 14.0. The molecular weight excluding hydrogens is 637 g/mol. The lowest BCUT2D eigenvalue weighted by atomic mass is 9.92. The molecule has 240 valence electrons. The SMILES string of the molecule is c1ccc(-c2cc3c(cc2-c2ccc(N(c4ccccc4)c4ccc5c(c4)sc4ccccc45)cc2)c2ccccc2n3-c2ccccc2)cc1. The van der Waals surface area contributed by atoms with Crippen molar-refractivity contribution < 1.29 is 0 Å². The Kier molecular flexibility index (Phi) is 7.04. The van der Waals surface area contributed by atoms with Gasteiger partial charge in [-0.3, -0.25) is 0 Å². The van der Waals surface area contributed by atoms with Crippen LogP contribution in [0.3, 0.4) is 0 Å². The molecular formula is C48H32N2S. The lowest BCUT2D eigenvalue weighted by Gasteiger charge is -2.26. The molecule has 0 atom stereocenters. The molecule has 0 amide bonds. The van der Waals surface area contributed by atoms with Gasteiger partial charge in [-0.25, -0.2) is 0 Å². The van der Waals surface area contributed by atoms with Gasteiger partial charge in [-0.05, 0) is 95.1 Å². The fraction of sp³-hybridized carbons (Fsp3) is 0. The molecule has 0 aliphatic carbocycles. The number of hydrogen-bond acceptors (Lipinski definition) is 2. The van der Waals surface area contributed by atoms with Crippen LogP contribution in [0, 0.1) is 0 Å². The molecule has 0 aliphatic heterocycles. The van der Waals surface area contributed by atoms with Gasteiger partial charge in [-0.2, -0.15) is 0 Å². The van der Waals surface area contributed by atoms with Gasteiger partial charge >= 0.3 is 0 Å². The average Bonchev–Trinajstić information content (AvgIpc) is 3.74. The summed E-state index contributed by atoms with van der Waals surface area (Å²) in [5.74, 6) is 0. The van der Waals surface area contributed by atoms with Crippen molar-refractivity contribution in [1.82, 2.24) is 4.57 Å². The summed E-state index contributed by atoms with van der Waals surface area (Å²) in [7, 11) is 0. The third-order valence-corrected chi connectivity index (χ3v) is 11.1. The van der Waals surface area contributed by atoms with E-state index in [1.54, 1.807) is 0 Å². The van der Waals surface area contributed by atoms with E-state index in [-0.39, 0.29) is 0 Å². The Bertz CT molecular complexity index is 2830. The van der Waals surface area contributed by atoms with Crippen LogP contribution in [0.5, 0.6) is 0 Å². The summed E-state index contributed by atoms with van der Waals surface area (Å²) in [6, 6.07) is 70.4. The molecule has 0 spiro atoms. The van der Waals surface area contributed by atoms with E-state index < -0.39 is 0 Å². The zero-order valence-electron chi connectivity index (χ0n) is 27.8. The fourth-order valence-electron chi connectivity index (χ4n) is 7.63. The summed E-state index contributed by atoms with van der Waals surface area (Å²) in [6.07, 6.45) is 0. The first kappa shape index (κ1) is 29.5. The molecule has 0 radical (unpaired) electrons. The summed E-state index contributed by atoms with van der Waals surface area (Å²) >= 11 is 1.86. The zero-order chi connectivity index (χ0) is 33.7. The normalized spacial score (nSPS) is 11.5. The van der Waals surface area contributed by atoms with Crippen molar-refractivity contribution in [1.29, 1.82) is 0 Å². The monoisotopic (exact) mass is 668 g/mol. The summed E-state index contributed by atoms with van der Waals surface area (Å²) in [5.41, 5.74) is 11.8. The van der Waals surface area contributed by atoms with Crippen molar-refractivity contribution in [3.63, 3.8) is 0 Å². The maximum Gasteiger partial charge on any atom is 0.0547 e. The van der Waals surface area contributed by atoms with Gasteiger partial charge < -0.3 is 9.47 Å². The Morgan fingerprint density at radius 3 is 1.71 bits per heavy atom. The Balaban J connectivity index is 1.15. The molecule has 0 unspecified atom stereocenters. The van der Waals surface area contributed by atoms with Crippen molar-refractivity contribution in [2.24, 2.45) is 0 Å². The summed E-state index contributed by atoms with van der Waals surface area (Å²) in [4.78, 5) is 2.36. The van der Waals surface area contributed by atoms with Gasteiger partial charge in [0, 0.05) is 53.7 Å². The van der Waals surface area contributed by atoms with Gasteiger partial charge in [0.05, 0.1) is 11.0 Å². The van der Waals surface area contributed by atoms with E-state index in [1.807, 2.05) is 11.3 Å². The number of rotatable bonds is 6. The van der Waals surface area contributed by atoms with E-state index in [0.29, 0.717) is 0 Å². The van der Waals surface area contributed by atoms with E-state index in [2.05, 4.69) is 204 Å². The highest BCUT2D eigenvalue weighted by atomic mass is 32.1. The number of aromatic nitrogens is 1. The smallest absolute Gasteiger partial charge is 0.0547 e. The standard InChI is InChI=1S/C48H32N2S/c1-4-14-33(15-5-1)43-32-46-44(39-20-10-12-22-45(39)50(46)36-18-8-3-9-19-36)31-42(43)34-24-26-37(27-25-34)49(35-16-6-2-7-17-35)38-28-29-41-40-21-11-13-23-47(40)51-48(41)30-38/h1-32H. The highest BCUT2D eigenvalue weighted by Gasteiger charge is 2.19. The first-order chi connectivity index (χ1) is 25.3. The second-order valence-electron chi connectivity index (χ2n) is 13.0. The highest BCUT2D eigenvalue weighted by molar-refractivity contribution is 7.25. The number of thiophene rings is 1. The second kappa shape index (κ2) is 12.2. The van der Waals surface area contributed by atoms with Gasteiger partial charge in [0.1, 0.15) is 0 Å². The van der Waals surface area contributed by atoms with Crippen molar-refractivity contribution >= 4 is 70.4 Å². The number of benzene rings is 8. The number of anilines is 3. The van der Waals surface area contributed by atoms with Gasteiger partial charge in [-0.15, -0.1) is 11.3 Å². The van der Waals surface area contributed by atoms with Crippen LogP contribution in [-0.2, 0) is 0 Å². The highest BCUT2D eigenvalue weighted by Crippen LogP contribution is 2.43. The number of para-hydroxylation sites is 3. The Labute approximate surface area is 300 Å². The van der Waals surface area contributed by atoms with Gasteiger partial charge in [0.25, 0.3) is 0 Å². The van der Waals surface area contributed by atoms with Crippen molar-refractivity contribution in [2.45, 2.75) is 0 Å². The van der Waals surface area contributed by atoms with Crippen LogP contribution in [0.2, 0.25) is 0 Å². The predicted molar refractivity (Wildman–Crippen MR) is 219 cm³/mol. The summed E-state index contributed by atoms with van der Waals surface area (Å²) < 4.78 is 5.01. The molecule has 0 saturated heterocycles. The van der Waals surface area contributed by atoms with Crippen molar-refractivity contribution in [3.05, 3.63) is 194 Å². The van der Waals surface area contributed by atoms with Crippen LogP contribution in [0.1, 0.15) is 0 Å². The zero-order valence-corrected chi connectivity index (χ0v) is 28.6. The van der Waals surface area contributed by atoms with E-state index >= 15 is 0 Å². The second-order valence-corrected chi connectivity index (χ2v) is 14.0. The van der Waals surface area contributed by atoms with Crippen LogP contribution >= 0.6 is 11.3 Å². The molecule has 8 aromatic carbocycles. The number of nitrogens with zero attached hydrogens (tertiary/aromatic N) is 2. The minimum atomic E-state index is 1.12. The molecule has 0 N–H and O–H groups in total. The largest absolute Gasteiger partial charge is 0.310 e. The van der Waals surface area contributed by atoms with Crippen LogP contribution in [0.25, 0.3) is 69.9 Å². The minimum Gasteiger partial charge on any atom is -0.310 e. The molecule has 10 aromatic rings. The molecule has 0 saturated carbocycles. The van der Waals surface area contributed by atoms with E-state index in [1.165, 1.54) is 64.2 Å². The average molecular weight is 669 g/mol. The molecule has 2 nitrogen and oxygen atoms in total. The topological polar surface area (TPSA) is 8.17 Å². The van der Waals surface area contributed by atoms with Crippen LogP contribution in [0.15, 0.2) is 194 Å². The van der Waals surface area contributed by atoms with Crippen molar-refractivity contribution in [2.75, 3.05) is 4.90 Å². The first-order valence-electron chi connectivity index (χ1n) is 17.4. The van der Waals surface area contributed by atoms with E-state index in [9.17, 15) is 0 Å². The third kappa shape index (κ3) is 5.01. The Morgan fingerprint density at radius 1 is 0.353 bits per heavy atom. The van der Waals surface area contributed by atoms with Crippen molar-refractivity contribution in [3.8, 4) is 27.9 Å². The maximum atomic E-state index is 2.40. The Hall–Kier alpha value is -6.42. The maximum absolute atomic E-state index is 2.40. The molecule has 10 rings (SSSR count). The molecule has 0 bridgehead atoms. The molecule has 3 heteroatoms. The Morgan fingerprint density at radius 2 is 0.922 bits per heavy atom. The molecule has 2 heterocycles. The van der Waals surface area contributed by atoms with Crippen LogP contribution in [-0.4, -0.2) is 4.57 Å². The van der Waals surface area contributed by atoms with E-state index in [0.717, 1.165) is 22.7 Å². The van der Waals surface area contributed by atoms with Crippen LogP contribution < -0.4 is 4.90 Å². The fourth-order valence-corrected chi connectivity index (χ4v) is 8.77. The summed E-state index contributed by atoms with van der Waals surface area (Å²) in [6.45, 7) is 0. The van der Waals surface area contributed by atoms with Gasteiger partial charge in [0.2, 0.25) is 0 Å². The van der Waals surface area contributed by atoms with E-state index in [4.69, 9.17) is 0 Å². The molecule has 51 heavy (non-hydrogen) atoms. The third-order valence-electron chi connectivity index (χ3n) is 9.98. The lowest BCUT2D eigenvalue weighted by Crippen LogP contribution is -2.09. The van der Waals surface area contributed by atoms with Crippen LogP contribution in [0.4, 0.5) is 17.1 Å². The molecule has 0 fully saturated rings. The quantitative estimate of drug-likeness (QED) is 0.171. The number of fused-ring (bicyclic) bond motifs is 6.